The highest BCUT2D eigenvalue weighted by molar-refractivity contribution is 6.13. The molecule has 4 aromatic rings. The lowest BCUT2D eigenvalue weighted by molar-refractivity contribution is -0.137. The summed E-state index contributed by atoms with van der Waals surface area (Å²) in [6, 6.07) is 10.6. The van der Waals surface area contributed by atoms with Crippen LogP contribution in [0.15, 0.2) is 60.7 Å². The monoisotopic (exact) mass is 1150 g/mol. The summed E-state index contributed by atoms with van der Waals surface area (Å²) in [5.41, 5.74) is 6.44. The molecule has 83 heavy (non-hydrogen) atoms. The third kappa shape index (κ3) is 18.9. The number of ether oxygens (including phenoxy) is 4. The van der Waals surface area contributed by atoms with Gasteiger partial charge in [0, 0.05) is 62.4 Å². The van der Waals surface area contributed by atoms with Crippen molar-refractivity contribution >= 4 is 87.1 Å². The number of anilines is 2. The minimum atomic E-state index is -1.07. The quantitative estimate of drug-likeness (QED) is 0.0254. The van der Waals surface area contributed by atoms with Crippen molar-refractivity contribution in [3.63, 3.8) is 0 Å². The maximum atomic E-state index is 13.9. The highest BCUT2D eigenvalue weighted by Gasteiger charge is 2.38. The highest BCUT2D eigenvalue weighted by Crippen LogP contribution is 2.33. The van der Waals surface area contributed by atoms with Gasteiger partial charge in [-0.2, -0.15) is 0 Å². The Balaban J connectivity index is 0.999. The number of hydrogen-bond acceptors (Lipinski definition) is 15. The number of benzene rings is 2. The molecule has 8 N–H and O–H groups in total. The topological polar surface area (TPSA) is 326 Å². The van der Waals surface area contributed by atoms with Gasteiger partial charge in [0.05, 0.1) is 29.8 Å². The molecule has 10 amide bonds. The number of imide groups is 1. The summed E-state index contributed by atoms with van der Waals surface area (Å²) in [7, 11) is 0. The molecule has 2 aliphatic heterocycles. The molecule has 0 saturated carbocycles. The molecule has 25 nitrogen and oxygen atoms in total. The number of unbranched alkanes of at least 4 members (excludes halogenated alkanes) is 2. The summed E-state index contributed by atoms with van der Waals surface area (Å²) in [6.45, 7) is 16.4. The fraction of sp³-hybridized carbons (Fsp3) is 0.534. The molecule has 1 saturated heterocycles. The molecule has 2 aliphatic rings. The molecule has 2 aromatic heterocycles. The van der Waals surface area contributed by atoms with Gasteiger partial charge in [-0.1, -0.05) is 50.6 Å². The Morgan fingerprint density at radius 1 is 0.819 bits per heavy atom. The largest absolute Gasteiger partial charge is 0.445 e. The number of carbonyl (C=O) groups is 9. The fourth-order valence-corrected chi connectivity index (χ4v) is 9.45. The fourth-order valence-electron chi connectivity index (χ4n) is 9.45. The second-order valence-corrected chi connectivity index (χ2v) is 22.3. The van der Waals surface area contributed by atoms with Crippen LogP contribution in [0.25, 0.3) is 21.9 Å². The number of amides is 10. The van der Waals surface area contributed by atoms with E-state index in [1.54, 1.807) is 58.9 Å². The predicted molar refractivity (Wildman–Crippen MR) is 308 cm³/mol. The molecule has 2 aromatic carbocycles. The minimum absolute atomic E-state index is 0.0944. The Bertz CT molecular complexity index is 2990. The lowest BCUT2D eigenvalue weighted by Gasteiger charge is -2.28. The summed E-state index contributed by atoms with van der Waals surface area (Å²) < 4.78 is 25.3. The van der Waals surface area contributed by atoms with Crippen LogP contribution in [-0.4, -0.2) is 147 Å². The van der Waals surface area contributed by atoms with E-state index in [4.69, 9.17) is 34.6 Å². The number of para-hydroxylation sites is 1. The van der Waals surface area contributed by atoms with Crippen molar-refractivity contribution in [3.8, 4) is 0 Å². The first kappa shape index (κ1) is 64.0. The zero-order valence-corrected chi connectivity index (χ0v) is 48.7. The van der Waals surface area contributed by atoms with Crippen molar-refractivity contribution in [2.75, 3.05) is 50.0 Å². The summed E-state index contributed by atoms with van der Waals surface area (Å²) in [4.78, 5) is 127. The lowest BCUT2D eigenvalue weighted by atomic mass is 10.0. The number of carbonyl (C=O) groups excluding carboxylic acids is 9. The molecule has 6 rings (SSSR count). The number of primary amides is 1. The number of aromatic nitrogens is 3. The first-order valence-corrected chi connectivity index (χ1v) is 28.2. The second-order valence-electron chi connectivity index (χ2n) is 22.3. The van der Waals surface area contributed by atoms with Crippen molar-refractivity contribution in [1.29, 1.82) is 0 Å². The van der Waals surface area contributed by atoms with Crippen LogP contribution in [-0.2, 0) is 67.5 Å². The van der Waals surface area contributed by atoms with Gasteiger partial charge in [0.2, 0.25) is 23.6 Å². The Kier molecular flexibility index (Phi) is 22.9. The number of rotatable bonds is 29. The van der Waals surface area contributed by atoms with Crippen LogP contribution in [0.4, 0.5) is 25.9 Å². The molecular weight excluding hydrogens is 1070 g/mol. The summed E-state index contributed by atoms with van der Waals surface area (Å²) in [5, 5.41) is 17.3. The average molecular weight is 1150 g/mol. The van der Waals surface area contributed by atoms with Gasteiger partial charge >= 0.3 is 18.2 Å². The van der Waals surface area contributed by atoms with E-state index in [0.717, 1.165) is 10.3 Å². The zero-order valence-electron chi connectivity index (χ0n) is 48.7. The van der Waals surface area contributed by atoms with Crippen molar-refractivity contribution < 1.29 is 62.1 Å². The molecule has 0 bridgehead atoms. The average Bonchev–Trinajstić information content (AvgIpc) is 3.21. The molecular formula is C58H80N12O13. The zero-order chi connectivity index (χ0) is 60.4. The predicted octanol–water partition coefficient (Wildman–Crippen LogP) is 5.68. The Morgan fingerprint density at radius 3 is 2.23 bits per heavy atom. The van der Waals surface area contributed by atoms with Gasteiger partial charge in [0.25, 0.3) is 11.8 Å². The van der Waals surface area contributed by atoms with Gasteiger partial charge in [-0.3, -0.25) is 38.6 Å². The van der Waals surface area contributed by atoms with Crippen LogP contribution in [0.2, 0.25) is 0 Å². The molecule has 0 radical (unpaired) electrons. The van der Waals surface area contributed by atoms with E-state index >= 15 is 0 Å². The van der Waals surface area contributed by atoms with Crippen molar-refractivity contribution in [3.05, 3.63) is 72.1 Å². The number of pyridine rings is 1. The van der Waals surface area contributed by atoms with Crippen molar-refractivity contribution in [1.82, 2.24) is 45.6 Å². The molecule has 450 valence electrons. The third-order valence-electron chi connectivity index (χ3n) is 13.6. The van der Waals surface area contributed by atoms with E-state index in [9.17, 15) is 43.2 Å². The number of hydrogen-bond donors (Lipinski definition) is 7. The van der Waals surface area contributed by atoms with Gasteiger partial charge in [-0.05, 0) is 110 Å². The molecule has 4 heterocycles. The van der Waals surface area contributed by atoms with E-state index < -0.39 is 65.3 Å². The van der Waals surface area contributed by atoms with Gasteiger partial charge in [-0.15, -0.1) is 0 Å². The van der Waals surface area contributed by atoms with Crippen LogP contribution in [0, 0.1) is 5.92 Å². The molecule has 1 fully saturated rings. The molecule has 25 heteroatoms. The number of imidazole rings is 1. The van der Waals surface area contributed by atoms with E-state index in [1.165, 1.54) is 17.1 Å². The van der Waals surface area contributed by atoms with Crippen LogP contribution in [0.5, 0.6) is 0 Å². The van der Waals surface area contributed by atoms with Gasteiger partial charge in [0.1, 0.15) is 48.3 Å². The number of nitrogens with two attached hydrogens (primary N) is 1. The van der Waals surface area contributed by atoms with Crippen molar-refractivity contribution in [2.45, 2.75) is 156 Å². The first-order valence-electron chi connectivity index (χ1n) is 28.2. The van der Waals surface area contributed by atoms with Crippen LogP contribution < -0.4 is 37.6 Å². The minimum Gasteiger partial charge on any atom is -0.445 e. The van der Waals surface area contributed by atoms with Crippen molar-refractivity contribution in [2.24, 2.45) is 11.7 Å². The SMILES string of the molecule is CCOCc1nc2c(NC(=O)[C@@H]3CCCN3C(=O)OC(C)(C)C)nc3ccccc3c2n1CC(C)(C)OCCNC(=O)OCc1ccc(NC(=O)[C@H](CCCNC(N)=O)NC(=O)[C@@H](NC(=O)CCCCCN2C(=O)C=CC2=O)C(C)C)cc1. The van der Waals surface area contributed by atoms with Crippen LogP contribution in [0.3, 0.4) is 0 Å². The number of nitrogens with zero attached hydrogens (tertiary/aromatic N) is 5. The van der Waals surface area contributed by atoms with E-state index in [0.29, 0.717) is 85.4 Å². The number of fused-ring (bicyclic) bond motifs is 3. The van der Waals surface area contributed by atoms with Gasteiger partial charge in [0.15, 0.2) is 5.82 Å². The second kappa shape index (κ2) is 29.7. The van der Waals surface area contributed by atoms with E-state index in [1.807, 2.05) is 49.6 Å². The number of alkyl carbamates (subject to hydrolysis) is 1. The van der Waals surface area contributed by atoms with Crippen LogP contribution in [0.1, 0.15) is 118 Å². The van der Waals surface area contributed by atoms with E-state index in [2.05, 4.69) is 31.9 Å². The Labute approximate surface area is 482 Å². The molecule has 0 spiro atoms. The summed E-state index contributed by atoms with van der Waals surface area (Å²) in [5.74, 6) is -2.15. The normalized spacial score (nSPS) is 15.1. The Morgan fingerprint density at radius 2 is 1.54 bits per heavy atom. The summed E-state index contributed by atoms with van der Waals surface area (Å²) >= 11 is 0. The smallest absolute Gasteiger partial charge is 0.410 e. The van der Waals surface area contributed by atoms with Gasteiger partial charge < -0.3 is 61.1 Å². The lowest BCUT2D eigenvalue weighted by Crippen LogP contribution is -2.54. The summed E-state index contributed by atoms with van der Waals surface area (Å²) in [6.07, 6.45) is 4.37. The maximum absolute atomic E-state index is 13.9. The maximum Gasteiger partial charge on any atom is 0.410 e. The van der Waals surface area contributed by atoms with Gasteiger partial charge in [-0.25, -0.2) is 24.4 Å². The molecule has 3 atom stereocenters. The molecule has 0 unspecified atom stereocenters. The number of urea groups is 1. The van der Waals surface area contributed by atoms with E-state index in [-0.39, 0.29) is 88.2 Å². The Hall–Kier alpha value is -8.19. The third-order valence-corrected chi connectivity index (χ3v) is 13.6. The molecule has 0 aliphatic carbocycles. The first-order chi connectivity index (χ1) is 39.4. The number of nitrogens with one attached hydrogen (secondary N) is 6. The standard InChI is InChI=1S/C58H80N12O13/c1-9-80-34-43-65-48-49(39-17-12-13-18-40(39)63-50(48)67-52(75)42-20-16-31-68(42)56(79)83-57(4,5)6)70(43)35-58(7,8)82-32-29-61-55(78)81-33-37-22-24-38(25-23-37)62-51(74)41(19-15-28-60-54(59)77)64-53(76)47(36(2)3)66-44(71)21-11-10-14-30-69-45(72)26-27-46(69)73/h12-13,17-18,22-27,36,41-42,47H,9-11,14-16,19-21,28-35H2,1-8H3,(H,61,78)(H,62,74)(H,64,76)(H,66,71)(H3,59,60,77)(H,63,67,75)/t41-,42-,47-/m0/s1. The highest BCUT2D eigenvalue weighted by atomic mass is 16.6. The van der Waals surface area contributed by atoms with Crippen LogP contribution >= 0.6 is 0 Å². The number of likely N-dealkylation sites (tertiary alicyclic amines) is 1.